The van der Waals surface area contributed by atoms with Crippen LogP contribution in [-0.2, 0) is 18.9 Å². The first-order chi connectivity index (χ1) is 51.4. The Balaban J connectivity index is 0.831. The highest BCUT2D eigenvalue weighted by atomic mass is 16.5. The third kappa shape index (κ3) is 12.1. The van der Waals surface area contributed by atoms with Crippen LogP contribution in [0.1, 0.15) is 0 Å². The fourth-order valence-corrected chi connectivity index (χ4v) is 14.9. The average molecular weight is 1370 g/mol. The third-order valence-electron chi connectivity index (χ3n) is 19.6. The van der Waals surface area contributed by atoms with E-state index in [2.05, 4.69) is 271 Å². The average Bonchev–Trinajstić information content (AvgIpc) is 1.53. The molecule has 14 heteroatoms. The molecule has 17 aromatic rings. The van der Waals surface area contributed by atoms with Gasteiger partial charge in [-0.1, -0.05) is 72.8 Å². The molecule has 0 unspecified atom stereocenters. The van der Waals surface area contributed by atoms with Gasteiger partial charge in [0.1, 0.15) is 49.4 Å². The van der Waals surface area contributed by atoms with Crippen molar-refractivity contribution >= 4 is 121 Å². The van der Waals surface area contributed by atoms with E-state index in [0.29, 0.717) is 52.9 Å². The predicted octanol–water partition coefficient (Wildman–Crippen LogP) is 21.1. The number of ether oxygens (including phenoxy) is 8. The second-order valence-electron chi connectivity index (χ2n) is 25.7. The lowest BCUT2D eigenvalue weighted by Crippen LogP contribution is -2.12. The molecule has 4 heterocycles. The van der Waals surface area contributed by atoms with Crippen LogP contribution in [0.5, 0.6) is 23.0 Å². The normalized spacial score (nSPS) is 11.7. The summed E-state index contributed by atoms with van der Waals surface area (Å²) in [6.07, 6.45) is 0. The van der Waals surface area contributed by atoms with Crippen molar-refractivity contribution in [2.45, 2.75) is 0 Å². The zero-order valence-electron chi connectivity index (χ0n) is 58.3. The van der Waals surface area contributed by atoms with Gasteiger partial charge in [0.2, 0.25) is 0 Å². The van der Waals surface area contributed by atoms with Crippen molar-refractivity contribution < 1.29 is 37.9 Å². The Hall–Kier alpha value is -12.3. The fraction of sp³-hybridized carbons (Fsp3) is 0.133. The topological polar surface area (TPSA) is 100 Å². The van der Waals surface area contributed by atoms with Gasteiger partial charge in [0.25, 0.3) is 0 Å². The summed E-state index contributed by atoms with van der Waals surface area (Å²) in [5.74, 6) is 3.17. The van der Waals surface area contributed by atoms with Gasteiger partial charge < -0.3 is 66.0 Å². The molecule has 0 aliphatic rings. The second-order valence-corrected chi connectivity index (χ2v) is 25.7. The molecule has 0 saturated heterocycles. The minimum atomic E-state index is 0.473. The molecule has 4 aromatic heterocycles. The van der Waals surface area contributed by atoms with Crippen LogP contribution in [0.3, 0.4) is 0 Å². The predicted molar refractivity (Wildman–Crippen MR) is 423 cm³/mol. The van der Waals surface area contributed by atoms with Gasteiger partial charge in [-0.3, -0.25) is 0 Å². The number of hydrogen-bond donors (Lipinski definition) is 0. The highest BCUT2D eigenvalue weighted by molar-refractivity contribution is 6.15. The summed E-state index contributed by atoms with van der Waals surface area (Å²) in [5.41, 5.74) is 18.9. The van der Waals surface area contributed by atoms with Crippen molar-refractivity contribution in [3.8, 4) is 45.7 Å². The first kappa shape index (κ1) is 65.0. The van der Waals surface area contributed by atoms with Gasteiger partial charge in [0.15, 0.2) is 0 Å². The molecule has 0 saturated carbocycles. The lowest BCUT2D eigenvalue weighted by atomic mass is 10.1. The summed E-state index contributed by atoms with van der Waals surface area (Å²) in [4.78, 5) is 4.81. The minimum Gasteiger partial charge on any atom is -0.491 e. The molecule has 13 aromatic carbocycles. The van der Waals surface area contributed by atoms with E-state index in [4.69, 9.17) is 37.9 Å². The molecule has 0 amide bonds. The van der Waals surface area contributed by atoms with E-state index in [1.807, 2.05) is 48.5 Å². The molecule has 0 spiro atoms. The monoisotopic (exact) mass is 1370 g/mol. The number of anilines is 6. The first-order valence-corrected chi connectivity index (χ1v) is 35.2. The highest BCUT2D eigenvalue weighted by Crippen LogP contribution is 2.47. The minimum absolute atomic E-state index is 0.473. The van der Waals surface area contributed by atoms with Crippen LogP contribution < -0.4 is 28.7 Å². The van der Waals surface area contributed by atoms with Crippen LogP contribution >= 0.6 is 0 Å². The van der Waals surface area contributed by atoms with Crippen LogP contribution in [0.4, 0.5) is 34.1 Å². The Morgan fingerprint density at radius 3 is 0.625 bits per heavy atom. The zero-order chi connectivity index (χ0) is 70.0. The molecule has 104 heavy (non-hydrogen) atoms. The molecule has 14 nitrogen and oxygen atoms in total. The zero-order valence-corrected chi connectivity index (χ0v) is 58.3. The maximum absolute atomic E-state index is 6.03. The molecule has 0 radical (unpaired) electrons. The van der Waals surface area contributed by atoms with Gasteiger partial charge in [-0.2, -0.15) is 0 Å². The molecule has 0 aliphatic heterocycles. The molecule has 514 valence electrons. The van der Waals surface area contributed by atoms with Gasteiger partial charge in [0.05, 0.1) is 70.6 Å². The number of hydrogen-bond acceptors (Lipinski definition) is 10. The van der Waals surface area contributed by atoms with Crippen LogP contribution in [0.25, 0.3) is 110 Å². The number of para-hydroxylation sites is 4. The Morgan fingerprint density at radius 1 is 0.202 bits per heavy atom. The number of methoxy groups -OCH3 is 4. The lowest BCUT2D eigenvalue weighted by Gasteiger charge is -2.29. The molecule has 0 fully saturated rings. The fourth-order valence-electron chi connectivity index (χ4n) is 14.9. The number of aromatic nitrogens is 4. The van der Waals surface area contributed by atoms with Crippen molar-refractivity contribution in [2.75, 3.05) is 91.1 Å². The van der Waals surface area contributed by atoms with E-state index >= 15 is 0 Å². The maximum Gasteiger partial charge on any atom is 0.119 e. The van der Waals surface area contributed by atoms with Crippen LogP contribution in [0.15, 0.2) is 291 Å². The Bertz CT molecular complexity index is 5230. The molecule has 17 rings (SSSR count). The van der Waals surface area contributed by atoms with Gasteiger partial charge in [0, 0.05) is 128 Å². The van der Waals surface area contributed by atoms with E-state index in [1.165, 1.54) is 0 Å². The van der Waals surface area contributed by atoms with E-state index in [0.717, 1.165) is 167 Å². The summed E-state index contributed by atoms with van der Waals surface area (Å²) >= 11 is 0. The van der Waals surface area contributed by atoms with Crippen LogP contribution in [-0.4, -0.2) is 99.6 Å². The van der Waals surface area contributed by atoms with E-state index in [1.54, 1.807) is 28.4 Å². The highest BCUT2D eigenvalue weighted by Gasteiger charge is 2.24. The van der Waals surface area contributed by atoms with E-state index in [-0.39, 0.29) is 0 Å². The Labute approximate surface area is 602 Å². The van der Waals surface area contributed by atoms with Crippen LogP contribution in [0, 0.1) is 0 Å². The number of fused-ring (bicyclic) bond motifs is 12. The SMILES string of the molecule is COCCOc1ccc(-n2c3ccccc3c3cc(N(c4ccc(N(c5ccc6c(c5)c5ccccc5n6-c5ccc(OCCOC)cc5)c5ccc6c(c5)c5ccccc5n6-c5ccc(OCCOC)cc5)cc4)c4ccc5c(c4)c4ccccc4n5-c4ccc(OCCOC)cc4)ccc32)cc1. The van der Waals surface area contributed by atoms with Crippen molar-refractivity contribution in [2.24, 2.45) is 0 Å². The summed E-state index contributed by atoms with van der Waals surface area (Å²) in [7, 11) is 6.75. The van der Waals surface area contributed by atoms with Gasteiger partial charge in [-0.25, -0.2) is 0 Å². The molecular weight excluding hydrogens is 1290 g/mol. The van der Waals surface area contributed by atoms with Gasteiger partial charge in [-0.05, 0) is 218 Å². The number of nitrogens with zero attached hydrogens (tertiary/aromatic N) is 6. The Morgan fingerprint density at radius 2 is 0.404 bits per heavy atom. The van der Waals surface area contributed by atoms with E-state index in [9.17, 15) is 0 Å². The molecule has 0 atom stereocenters. The van der Waals surface area contributed by atoms with Crippen molar-refractivity contribution in [1.29, 1.82) is 0 Å². The molecule has 0 aliphatic carbocycles. The number of benzene rings is 13. The van der Waals surface area contributed by atoms with Crippen molar-refractivity contribution in [3.05, 3.63) is 291 Å². The summed E-state index contributed by atoms with van der Waals surface area (Å²) in [6.45, 7) is 3.95. The molecule has 0 N–H and O–H groups in total. The van der Waals surface area contributed by atoms with Crippen molar-refractivity contribution in [3.63, 3.8) is 0 Å². The van der Waals surface area contributed by atoms with Gasteiger partial charge in [-0.15, -0.1) is 0 Å². The largest absolute Gasteiger partial charge is 0.491 e. The molecular formula is C90H76N6O8. The van der Waals surface area contributed by atoms with E-state index < -0.39 is 0 Å². The number of rotatable bonds is 26. The summed E-state index contributed by atoms with van der Waals surface area (Å²) in [6, 6.07) is 105. The van der Waals surface area contributed by atoms with Gasteiger partial charge >= 0.3 is 0 Å². The Kier molecular flexibility index (Phi) is 17.9. The second kappa shape index (κ2) is 28.6. The summed E-state index contributed by atoms with van der Waals surface area (Å²) in [5, 5.41) is 9.08. The maximum atomic E-state index is 6.03. The van der Waals surface area contributed by atoms with Crippen LogP contribution in [0.2, 0.25) is 0 Å². The lowest BCUT2D eigenvalue weighted by molar-refractivity contribution is 0.146. The smallest absolute Gasteiger partial charge is 0.119 e. The molecule has 0 bridgehead atoms. The first-order valence-electron chi connectivity index (χ1n) is 35.2. The standard InChI is InChI=1S/C90H76N6O8/c1-97-49-53-101-71-37-25-63(26-38-71)93-83-17-9-5-13-75(83)79-57-67(33-45-87(79)93)91(68-34-46-88-80(58-68)76-14-6-10-18-84(76)94(88)64-27-39-72(40-28-64)102-54-50-98-2)61-21-23-62(24-22-61)92(69-35-47-89-81(59-69)77-15-7-11-19-85(77)95(89)65-29-41-73(42-30-65)103-55-51-99-3)70-36-48-90-82(60-70)78-16-8-12-20-86(78)96(90)66-31-43-74(44-32-66)104-56-52-100-4/h5-48,57-60H,49-56H2,1-4H3. The third-order valence-corrected chi connectivity index (χ3v) is 19.6. The summed E-state index contributed by atoms with van der Waals surface area (Å²) < 4.78 is 54.6. The van der Waals surface area contributed by atoms with Crippen molar-refractivity contribution in [1.82, 2.24) is 18.3 Å². The quantitative estimate of drug-likeness (QED) is 0.0487.